The zero-order chi connectivity index (χ0) is 17.0. The van der Waals surface area contributed by atoms with Crippen molar-refractivity contribution in [3.63, 3.8) is 0 Å². The monoisotopic (exact) mass is 327 g/mol. The van der Waals surface area contributed by atoms with E-state index in [-0.39, 0.29) is 5.91 Å². The van der Waals surface area contributed by atoms with E-state index < -0.39 is 0 Å². The summed E-state index contributed by atoms with van der Waals surface area (Å²) in [6, 6.07) is 0. The van der Waals surface area contributed by atoms with Crippen molar-refractivity contribution >= 4 is 5.91 Å². The Kier molecular flexibility index (Phi) is 18.9. The molecule has 4 N–H and O–H groups in total. The van der Waals surface area contributed by atoms with E-state index in [2.05, 4.69) is 17.8 Å². The van der Waals surface area contributed by atoms with Gasteiger partial charge in [-0.25, -0.2) is 5.43 Å². The van der Waals surface area contributed by atoms with E-state index in [4.69, 9.17) is 5.73 Å². The van der Waals surface area contributed by atoms with Crippen molar-refractivity contribution in [1.29, 1.82) is 0 Å². The number of rotatable bonds is 18. The highest BCUT2D eigenvalue weighted by atomic mass is 16.2. The average Bonchev–Trinajstić information content (AvgIpc) is 2.56. The maximum absolute atomic E-state index is 11.5. The Morgan fingerprint density at radius 2 is 1.22 bits per heavy atom. The summed E-state index contributed by atoms with van der Waals surface area (Å²) in [5.41, 5.74) is 11.0. The molecule has 0 bridgehead atoms. The van der Waals surface area contributed by atoms with Gasteiger partial charge in [-0.3, -0.25) is 10.2 Å². The van der Waals surface area contributed by atoms with E-state index in [0.717, 1.165) is 19.4 Å². The van der Waals surface area contributed by atoms with Crippen molar-refractivity contribution in [3.05, 3.63) is 0 Å². The van der Waals surface area contributed by atoms with Gasteiger partial charge in [0.15, 0.2) is 0 Å². The first-order chi connectivity index (χ1) is 11.3. The Labute approximate surface area is 144 Å². The standard InChI is InChI=1S/C19H41N3O/c1-2-3-4-5-6-7-8-9-10-11-12-13-14-16-19(23)22-21-18-15-17-20/h21H,2-18,20H2,1H3,(H,22,23). The second-order valence-corrected chi connectivity index (χ2v) is 6.61. The van der Waals surface area contributed by atoms with Gasteiger partial charge in [-0.1, -0.05) is 84.0 Å². The first-order valence-electron chi connectivity index (χ1n) is 10.0. The fourth-order valence-electron chi connectivity index (χ4n) is 2.72. The fraction of sp³-hybridized carbons (Fsp3) is 0.947. The summed E-state index contributed by atoms with van der Waals surface area (Å²) in [5.74, 6) is 0.102. The van der Waals surface area contributed by atoms with Crippen LogP contribution in [0.2, 0.25) is 0 Å². The number of hydrazine groups is 1. The van der Waals surface area contributed by atoms with E-state index >= 15 is 0 Å². The summed E-state index contributed by atoms with van der Waals surface area (Å²) in [7, 11) is 0. The lowest BCUT2D eigenvalue weighted by Gasteiger charge is -2.06. The molecule has 0 fully saturated rings. The fourth-order valence-corrected chi connectivity index (χ4v) is 2.72. The number of amides is 1. The third-order valence-corrected chi connectivity index (χ3v) is 4.24. The number of unbranched alkanes of at least 4 members (excludes halogenated alkanes) is 12. The van der Waals surface area contributed by atoms with Crippen molar-refractivity contribution in [3.8, 4) is 0 Å². The molecule has 0 unspecified atom stereocenters. The molecule has 0 aromatic rings. The highest BCUT2D eigenvalue weighted by Crippen LogP contribution is 2.12. The minimum Gasteiger partial charge on any atom is -0.330 e. The lowest BCUT2D eigenvalue weighted by molar-refractivity contribution is -0.122. The molecule has 0 atom stereocenters. The summed E-state index contributed by atoms with van der Waals surface area (Å²) in [4.78, 5) is 11.5. The molecule has 0 aliphatic heterocycles. The highest BCUT2D eigenvalue weighted by Gasteiger charge is 2.00. The van der Waals surface area contributed by atoms with Crippen LogP contribution in [0.25, 0.3) is 0 Å². The summed E-state index contributed by atoms with van der Waals surface area (Å²) in [6.07, 6.45) is 18.9. The molecule has 0 heterocycles. The third-order valence-electron chi connectivity index (χ3n) is 4.24. The van der Waals surface area contributed by atoms with Gasteiger partial charge in [-0.05, 0) is 19.4 Å². The van der Waals surface area contributed by atoms with Crippen molar-refractivity contribution in [1.82, 2.24) is 10.9 Å². The summed E-state index contributed by atoms with van der Waals surface area (Å²) < 4.78 is 0. The van der Waals surface area contributed by atoms with Crippen molar-refractivity contribution in [2.75, 3.05) is 13.1 Å². The molecule has 4 nitrogen and oxygen atoms in total. The third kappa shape index (κ3) is 19.3. The predicted octanol–water partition coefficient (Wildman–Crippen LogP) is 4.44. The van der Waals surface area contributed by atoms with Gasteiger partial charge in [0, 0.05) is 13.0 Å². The molecule has 0 aliphatic rings. The Bertz CT molecular complexity index is 247. The maximum Gasteiger partial charge on any atom is 0.234 e. The predicted molar refractivity (Wildman–Crippen MR) is 100 cm³/mol. The van der Waals surface area contributed by atoms with Crippen LogP contribution in [-0.4, -0.2) is 19.0 Å². The van der Waals surface area contributed by atoms with E-state index in [1.807, 2.05) is 0 Å². The molecule has 0 aromatic carbocycles. The van der Waals surface area contributed by atoms with Gasteiger partial charge in [0.05, 0.1) is 0 Å². The van der Waals surface area contributed by atoms with Crippen LogP contribution >= 0.6 is 0 Å². The Balaban J connectivity index is 3.08. The first-order valence-corrected chi connectivity index (χ1v) is 10.0. The van der Waals surface area contributed by atoms with E-state index in [9.17, 15) is 4.79 Å². The highest BCUT2D eigenvalue weighted by molar-refractivity contribution is 5.75. The zero-order valence-corrected chi connectivity index (χ0v) is 15.5. The van der Waals surface area contributed by atoms with Gasteiger partial charge in [0.25, 0.3) is 0 Å². The van der Waals surface area contributed by atoms with Crippen LogP contribution in [0, 0.1) is 0 Å². The summed E-state index contributed by atoms with van der Waals surface area (Å²) in [6.45, 7) is 3.68. The van der Waals surface area contributed by atoms with Crippen LogP contribution in [0.15, 0.2) is 0 Å². The number of hydrogen-bond donors (Lipinski definition) is 3. The van der Waals surface area contributed by atoms with E-state index in [1.165, 1.54) is 77.0 Å². The number of nitrogens with two attached hydrogens (primary N) is 1. The smallest absolute Gasteiger partial charge is 0.234 e. The molecule has 0 saturated carbocycles. The summed E-state index contributed by atoms with van der Waals surface area (Å²) in [5, 5.41) is 0. The molecule has 0 aliphatic carbocycles. The number of hydrogen-bond acceptors (Lipinski definition) is 3. The molecule has 0 saturated heterocycles. The minimum absolute atomic E-state index is 0.102. The van der Waals surface area contributed by atoms with Crippen LogP contribution in [0.3, 0.4) is 0 Å². The normalized spacial score (nSPS) is 10.9. The van der Waals surface area contributed by atoms with Gasteiger partial charge in [-0.15, -0.1) is 0 Å². The molecular weight excluding hydrogens is 286 g/mol. The topological polar surface area (TPSA) is 67.2 Å². The molecule has 0 rings (SSSR count). The second kappa shape index (κ2) is 19.4. The quantitative estimate of drug-likeness (QED) is 0.257. The van der Waals surface area contributed by atoms with Crippen molar-refractivity contribution in [2.45, 2.75) is 103 Å². The molecule has 23 heavy (non-hydrogen) atoms. The van der Waals surface area contributed by atoms with Gasteiger partial charge >= 0.3 is 0 Å². The average molecular weight is 328 g/mol. The molecule has 4 heteroatoms. The van der Waals surface area contributed by atoms with Crippen molar-refractivity contribution < 1.29 is 4.79 Å². The Morgan fingerprint density at radius 1 is 0.739 bits per heavy atom. The van der Waals surface area contributed by atoms with E-state index in [0.29, 0.717) is 13.0 Å². The number of carbonyl (C=O) groups is 1. The van der Waals surface area contributed by atoms with Gasteiger partial charge in [0.1, 0.15) is 0 Å². The largest absolute Gasteiger partial charge is 0.330 e. The molecule has 1 amide bonds. The van der Waals surface area contributed by atoms with Crippen LogP contribution in [0.1, 0.15) is 103 Å². The molecule has 0 radical (unpaired) electrons. The molecule has 0 aromatic heterocycles. The van der Waals surface area contributed by atoms with Crippen LogP contribution in [-0.2, 0) is 4.79 Å². The van der Waals surface area contributed by atoms with Gasteiger partial charge < -0.3 is 5.73 Å². The number of nitrogens with one attached hydrogen (secondary N) is 2. The minimum atomic E-state index is 0.102. The van der Waals surface area contributed by atoms with Crippen LogP contribution < -0.4 is 16.6 Å². The van der Waals surface area contributed by atoms with Crippen LogP contribution in [0.5, 0.6) is 0 Å². The molecule has 0 spiro atoms. The zero-order valence-electron chi connectivity index (χ0n) is 15.5. The first kappa shape index (κ1) is 22.4. The number of carbonyl (C=O) groups excluding carboxylic acids is 1. The summed E-state index contributed by atoms with van der Waals surface area (Å²) >= 11 is 0. The Hall–Kier alpha value is -0.610. The molecular formula is C19H41N3O. The van der Waals surface area contributed by atoms with Gasteiger partial charge in [0.2, 0.25) is 5.91 Å². The molecule has 138 valence electrons. The van der Waals surface area contributed by atoms with Gasteiger partial charge in [-0.2, -0.15) is 0 Å². The van der Waals surface area contributed by atoms with Crippen LogP contribution in [0.4, 0.5) is 0 Å². The van der Waals surface area contributed by atoms with E-state index in [1.54, 1.807) is 0 Å². The van der Waals surface area contributed by atoms with Crippen molar-refractivity contribution in [2.24, 2.45) is 5.73 Å². The Morgan fingerprint density at radius 3 is 1.70 bits per heavy atom. The second-order valence-electron chi connectivity index (χ2n) is 6.61. The maximum atomic E-state index is 11.5. The lowest BCUT2D eigenvalue weighted by Crippen LogP contribution is -2.38. The lowest BCUT2D eigenvalue weighted by atomic mass is 10.0. The SMILES string of the molecule is CCCCCCCCCCCCCCCC(=O)NNCCCN.